The number of alkyl halides is 3. The summed E-state index contributed by atoms with van der Waals surface area (Å²) in [5, 5.41) is 0. The van der Waals surface area contributed by atoms with Gasteiger partial charge in [-0.1, -0.05) is 31.4 Å². The summed E-state index contributed by atoms with van der Waals surface area (Å²) < 4.78 is 36.7. The highest BCUT2D eigenvalue weighted by Gasteiger charge is 2.29. The van der Waals surface area contributed by atoms with E-state index in [9.17, 15) is 13.2 Å². The fourth-order valence-electron chi connectivity index (χ4n) is 2.66. The van der Waals surface area contributed by atoms with E-state index in [4.69, 9.17) is 5.73 Å². The molecule has 2 rings (SSSR count). The van der Waals surface area contributed by atoms with E-state index in [0.29, 0.717) is 5.92 Å². The molecule has 0 saturated heterocycles. The highest BCUT2D eigenvalue weighted by atomic mass is 35.5. The molecule has 20 heavy (non-hydrogen) atoms. The fourth-order valence-corrected chi connectivity index (χ4v) is 3.20. The third-order valence-electron chi connectivity index (χ3n) is 3.66. The van der Waals surface area contributed by atoms with Gasteiger partial charge in [-0.3, -0.25) is 0 Å². The van der Waals surface area contributed by atoms with Crippen LogP contribution >= 0.6 is 24.2 Å². The van der Waals surface area contributed by atoms with E-state index >= 15 is 0 Å². The zero-order valence-electron chi connectivity index (χ0n) is 11.0. The molecule has 0 bridgehead atoms. The van der Waals surface area contributed by atoms with Gasteiger partial charge in [-0.2, -0.15) is 13.2 Å². The third kappa shape index (κ3) is 5.19. The first-order valence-electron chi connectivity index (χ1n) is 6.57. The van der Waals surface area contributed by atoms with Gasteiger partial charge in [0.25, 0.3) is 0 Å². The van der Waals surface area contributed by atoms with Gasteiger partial charge >= 0.3 is 5.51 Å². The van der Waals surface area contributed by atoms with Gasteiger partial charge in [-0.05, 0) is 48.2 Å². The maximum Gasteiger partial charge on any atom is 0.446 e. The van der Waals surface area contributed by atoms with Crippen molar-refractivity contribution in [2.24, 2.45) is 11.7 Å². The van der Waals surface area contributed by atoms with Gasteiger partial charge in [0.05, 0.1) is 0 Å². The van der Waals surface area contributed by atoms with Gasteiger partial charge in [-0.15, -0.1) is 12.4 Å². The molecule has 0 spiro atoms. The molecule has 2 N–H and O–H groups in total. The summed E-state index contributed by atoms with van der Waals surface area (Å²) in [4.78, 5) is 0.215. The predicted molar refractivity (Wildman–Crippen MR) is 79.1 cm³/mol. The number of rotatable bonds is 3. The van der Waals surface area contributed by atoms with E-state index in [2.05, 4.69) is 0 Å². The first-order valence-corrected chi connectivity index (χ1v) is 7.38. The monoisotopic (exact) mass is 325 g/mol. The van der Waals surface area contributed by atoms with E-state index in [0.717, 1.165) is 18.4 Å². The van der Waals surface area contributed by atoms with Gasteiger partial charge in [0.2, 0.25) is 0 Å². The maximum absolute atomic E-state index is 12.2. The highest BCUT2D eigenvalue weighted by molar-refractivity contribution is 8.00. The Kier molecular flexibility index (Phi) is 6.69. The Hall–Kier alpha value is -0.390. The Morgan fingerprint density at radius 2 is 1.60 bits per heavy atom. The Bertz CT molecular complexity index is 402. The Morgan fingerprint density at radius 3 is 2.10 bits per heavy atom. The third-order valence-corrected chi connectivity index (χ3v) is 4.40. The van der Waals surface area contributed by atoms with Crippen molar-refractivity contribution in [3.8, 4) is 0 Å². The Labute approximate surface area is 127 Å². The van der Waals surface area contributed by atoms with Crippen LogP contribution in [-0.2, 0) is 0 Å². The maximum atomic E-state index is 12.2. The van der Waals surface area contributed by atoms with Gasteiger partial charge in [-0.25, -0.2) is 0 Å². The summed E-state index contributed by atoms with van der Waals surface area (Å²) >= 11 is -0.0841. The first-order chi connectivity index (χ1) is 8.96. The average Bonchev–Trinajstić information content (AvgIpc) is 2.38. The molecule has 0 aromatic heterocycles. The molecular formula is C14H19ClF3NS. The molecule has 1 aromatic carbocycles. The van der Waals surface area contributed by atoms with Crippen molar-refractivity contribution in [3.63, 3.8) is 0 Å². The smallest absolute Gasteiger partial charge is 0.324 e. The van der Waals surface area contributed by atoms with Gasteiger partial charge < -0.3 is 5.73 Å². The van der Waals surface area contributed by atoms with Crippen LogP contribution in [0.4, 0.5) is 13.2 Å². The van der Waals surface area contributed by atoms with Crippen molar-refractivity contribution >= 4 is 24.2 Å². The second-order valence-corrected chi connectivity index (χ2v) is 6.18. The van der Waals surface area contributed by atoms with Crippen molar-refractivity contribution < 1.29 is 13.2 Å². The van der Waals surface area contributed by atoms with Crippen LogP contribution < -0.4 is 5.73 Å². The average molecular weight is 326 g/mol. The molecule has 1 fully saturated rings. The van der Waals surface area contributed by atoms with Crippen LogP contribution in [0.2, 0.25) is 0 Å². The van der Waals surface area contributed by atoms with E-state index < -0.39 is 5.51 Å². The molecule has 1 aliphatic carbocycles. The molecular weight excluding hydrogens is 307 g/mol. The summed E-state index contributed by atoms with van der Waals surface area (Å²) in [7, 11) is 0. The summed E-state index contributed by atoms with van der Waals surface area (Å²) in [5.41, 5.74) is 2.93. The molecule has 1 aliphatic rings. The van der Waals surface area contributed by atoms with Gasteiger partial charge in [0.15, 0.2) is 0 Å². The Balaban J connectivity index is 0.00000200. The van der Waals surface area contributed by atoms with Crippen molar-refractivity contribution in [2.75, 3.05) is 0 Å². The molecule has 0 amide bonds. The minimum Gasteiger partial charge on any atom is -0.324 e. The van der Waals surface area contributed by atoms with Crippen molar-refractivity contribution in [2.45, 2.75) is 48.5 Å². The number of halogens is 4. The van der Waals surface area contributed by atoms with E-state index in [1.807, 2.05) is 0 Å². The van der Waals surface area contributed by atoms with Crippen LogP contribution in [0.3, 0.4) is 0 Å². The van der Waals surface area contributed by atoms with Gasteiger partial charge in [0, 0.05) is 10.9 Å². The molecule has 0 aliphatic heterocycles. The quantitative estimate of drug-likeness (QED) is 0.763. The van der Waals surface area contributed by atoms with E-state index in [1.54, 1.807) is 12.1 Å². The van der Waals surface area contributed by atoms with Crippen LogP contribution in [0.25, 0.3) is 0 Å². The summed E-state index contributed by atoms with van der Waals surface area (Å²) in [6.45, 7) is 0. The normalized spacial score (nSPS) is 18.4. The van der Waals surface area contributed by atoms with Crippen molar-refractivity contribution in [1.29, 1.82) is 0 Å². The topological polar surface area (TPSA) is 26.0 Å². The lowest BCUT2D eigenvalue weighted by atomic mass is 9.81. The minimum atomic E-state index is -4.23. The predicted octanol–water partition coefficient (Wildman–Crippen LogP) is 5.30. The lowest BCUT2D eigenvalue weighted by molar-refractivity contribution is -0.0328. The zero-order chi connectivity index (χ0) is 13.9. The molecule has 1 atom stereocenters. The number of benzene rings is 1. The first kappa shape index (κ1) is 17.7. The fraction of sp³-hybridized carbons (Fsp3) is 0.571. The van der Waals surface area contributed by atoms with Crippen LogP contribution in [0.15, 0.2) is 29.2 Å². The standard InChI is InChI=1S/C14H18F3NS.ClH/c15-14(16,17)19-12-8-6-11(7-9-12)13(18)10-4-2-1-3-5-10;/h6-10,13H,1-5,18H2;1H/t13-;/m1./s1. The van der Waals surface area contributed by atoms with E-state index in [1.165, 1.54) is 31.4 Å². The molecule has 0 heterocycles. The van der Waals surface area contributed by atoms with Crippen LogP contribution in [0.1, 0.15) is 43.7 Å². The van der Waals surface area contributed by atoms with Crippen LogP contribution in [0.5, 0.6) is 0 Å². The number of nitrogens with two attached hydrogens (primary N) is 1. The molecule has 1 nitrogen and oxygen atoms in total. The summed E-state index contributed by atoms with van der Waals surface area (Å²) in [6, 6.07) is 6.43. The molecule has 0 unspecified atom stereocenters. The van der Waals surface area contributed by atoms with Crippen molar-refractivity contribution in [3.05, 3.63) is 29.8 Å². The van der Waals surface area contributed by atoms with Crippen molar-refractivity contribution in [1.82, 2.24) is 0 Å². The lowest BCUT2D eigenvalue weighted by Crippen LogP contribution is -2.23. The second kappa shape index (κ2) is 7.57. The lowest BCUT2D eigenvalue weighted by Gasteiger charge is -2.27. The zero-order valence-corrected chi connectivity index (χ0v) is 12.7. The number of thioether (sulfide) groups is 1. The highest BCUT2D eigenvalue weighted by Crippen LogP contribution is 2.38. The minimum absolute atomic E-state index is 0. The van der Waals surface area contributed by atoms with Crippen LogP contribution in [0, 0.1) is 5.92 Å². The SMILES string of the molecule is Cl.N[C@@H](c1ccc(SC(F)(F)F)cc1)C1CCCCC1. The molecule has 1 aromatic rings. The summed E-state index contributed by atoms with van der Waals surface area (Å²) in [6.07, 6.45) is 5.94. The largest absolute Gasteiger partial charge is 0.446 e. The number of hydrogen-bond donors (Lipinski definition) is 1. The number of hydrogen-bond acceptors (Lipinski definition) is 2. The molecule has 6 heteroatoms. The Morgan fingerprint density at radius 1 is 1.05 bits per heavy atom. The molecule has 0 radical (unpaired) electrons. The van der Waals surface area contributed by atoms with E-state index in [-0.39, 0.29) is 35.1 Å². The summed E-state index contributed by atoms with van der Waals surface area (Å²) in [5.74, 6) is 0.467. The molecule has 114 valence electrons. The van der Waals surface area contributed by atoms with Gasteiger partial charge in [0.1, 0.15) is 0 Å². The molecule has 1 saturated carbocycles. The second-order valence-electron chi connectivity index (χ2n) is 5.04. The van der Waals surface area contributed by atoms with Crippen LogP contribution in [-0.4, -0.2) is 5.51 Å².